The zero-order valence-corrected chi connectivity index (χ0v) is 14.6. The highest BCUT2D eigenvalue weighted by molar-refractivity contribution is 8.26. The molecule has 0 aliphatic carbocycles. The number of nitrogens with one attached hydrogen (secondary N) is 1. The summed E-state index contributed by atoms with van der Waals surface area (Å²) in [7, 11) is -2.41. The average molecular weight is 381 g/mol. The van der Waals surface area contributed by atoms with E-state index in [4.69, 9.17) is 23.2 Å². The fourth-order valence-corrected chi connectivity index (χ4v) is 5.45. The van der Waals surface area contributed by atoms with Crippen molar-refractivity contribution in [2.24, 2.45) is 0 Å². The number of amides is 1. The monoisotopic (exact) mass is 380 g/mol. The van der Waals surface area contributed by atoms with E-state index >= 15 is 0 Å². The summed E-state index contributed by atoms with van der Waals surface area (Å²) in [4.78, 5) is 14.1. The van der Waals surface area contributed by atoms with Crippen molar-refractivity contribution in [1.29, 1.82) is 0 Å². The molecule has 2 heterocycles. The maximum Gasteiger partial charge on any atom is 0.255 e. The van der Waals surface area contributed by atoms with Crippen LogP contribution in [0.4, 0.5) is 0 Å². The molecule has 1 amide bonds. The van der Waals surface area contributed by atoms with Crippen LogP contribution in [0.1, 0.15) is 16.8 Å². The van der Waals surface area contributed by atoms with Gasteiger partial charge in [0.05, 0.1) is 15.3 Å². The predicted molar refractivity (Wildman–Crippen MR) is 92.0 cm³/mol. The molecule has 0 radical (unpaired) electrons. The van der Waals surface area contributed by atoms with Crippen LogP contribution in [0, 0.1) is 0 Å². The molecule has 0 bridgehead atoms. The number of hydrogen-bond acceptors (Lipinski definition) is 5. The molecule has 9 heteroatoms. The minimum absolute atomic E-state index is 0.0301. The highest BCUT2D eigenvalue weighted by atomic mass is 35.5. The Morgan fingerprint density at radius 1 is 1.35 bits per heavy atom. The number of hydrogen-bond donors (Lipinski definition) is 4. The van der Waals surface area contributed by atoms with Crippen molar-refractivity contribution in [3.8, 4) is 5.75 Å². The Hall–Kier alpha value is -0.700. The SMILES string of the molecule is O=C(NCCN1CC2(CCS2(O)O)C1)c1cc(Cl)cc(Cl)c1O. The van der Waals surface area contributed by atoms with Crippen LogP contribution in [0.3, 0.4) is 0 Å². The summed E-state index contributed by atoms with van der Waals surface area (Å²) < 4.78 is 19.4. The Bertz CT molecular complexity index is 650. The smallest absolute Gasteiger partial charge is 0.255 e. The molecule has 2 saturated heterocycles. The van der Waals surface area contributed by atoms with Gasteiger partial charge >= 0.3 is 0 Å². The third-order valence-electron chi connectivity index (χ3n) is 4.55. The Morgan fingerprint density at radius 2 is 2.04 bits per heavy atom. The molecule has 2 aliphatic rings. The van der Waals surface area contributed by atoms with Crippen molar-refractivity contribution in [3.63, 3.8) is 0 Å². The molecule has 23 heavy (non-hydrogen) atoms. The summed E-state index contributed by atoms with van der Waals surface area (Å²) in [5.74, 6) is -0.234. The average Bonchev–Trinajstić information content (AvgIpc) is 2.43. The first kappa shape index (κ1) is 17.1. The lowest BCUT2D eigenvalue weighted by Gasteiger charge is -2.67. The summed E-state index contributed by atoms with van der Waals surface area (Å²) in [5.41, 5.74) is 0.0377. The standard InChI is InChI=1S/C14H18Cl2N2O4S/c15-9-5-10(12(19)11(16)6-9)13(20)17-2-3-18-7-14(8-18)1-4-23(14,21)22/h5-6,19,21-22H,1-4,7-8H2,(H,17,20). The molecule has 128 valence electrons. The van der Waals surface area contributed by atoms with Crippen LogP contribution in [0.25, 0.3) is 0 Å². The zero-order chi connectivity index (χ0) is 16.8. The Morgan fingerprint density at radius 3 is 2.61 bits per heavy atom. The van der Waals surface area contributed by atoms with E-state index < -0.39 is 16.5 Å². The molecule has 0 aromatic heterocycles. The first-order chi connectivity index (χ1) is 10.7. The number of carbonyl (C=O) groups excluding carboxylic acids is 1. The zero-order valence-electron chi connectivity index (χ0n) is 12.3. The number of rotatable bonds is 4. The van der Waals surface area contributed by atoms with E-state index in [0.29, 0.717) is 31.9 Å². The lowest BCUT2D eigenvalue weighted by Crippen LogP contribution is -2.69. The van der Waals surface area contributed by atoms with Gasteiger partial charge in [-0.15, -0.1) is 0 Å². The Kier molecular flexibility index (Phi) is 4.46. The molecule has 1 spiro atoms. The molecule has 2 fully saturated rings. The van der Waals surface area contributed by atoms with Gasteiger partial charge in [0.2, 0.25) is 0 Å². The molecule has 0 unspecified atom stereocenters. The quantitative estimate of drug-likeness (QED) is 0.644. The van der Waals surface area contributed by atoms with Gasteiger partial charge < -0.3 is 10.4 Å². The van der Waals surface area contributed by atoms with Gasteiger partial charge in [-0.2, -0.15) is 10.6 Å². The molecule has 4 N–H and O–H groups in total. The van der Waals surface area contributed by atoms with E-state index in [1.807, 2.05) is 0 Å². The number of phenolic OH excluding ortho intramolecular Hbond substituents is 1. The number of likely N-dealkylation sites (tertiary alicyclic amines) is 1. The number of carbonyl (C=O) groups is 1. The van der Waals surface area contributed by atoms with Crippen LogP contribution in [0.2, 0.25) is 10.0 Å². The molecule has 1 aromatic rings. The van der Waals surface area contributed by atoms with Gasteiger partial charge in [0.25, 0.3) is 5.91 Å². The van der Waals surface area contributed by atoms with Gasteiger partial charge in [0.1, 0.15) is 5.75 Å². The first-order valence-corrected chi connectivity index (χ1v) is 9.65. The number of nitrogens with zero attached hydrogens (tertiary/aromatic N) is 1. The second-order valence-electron chi connectivity index (χ2n) is 6.05. The molecular formula is C14H18Cl2N2O4S. The normalized spacial score (nSPS) is 23.0. The molecule has 1 aromatic carbocycles. The van der Waals surface area contributed by atoms with E-state index in [9.17, 15) is 19.0 Å². The van der Waals surface area contributed by atoms with Crippen molar-refractivity contribution in [2.45, 2.75) is 11.2 Å². The van der Waals surface area contributed by atoms with Crippen molar-refractivity contribution in [2.75, 3.05) is 31.9 Å². The van der Waals surface area contributed by atoms with E-state index in [0.717, 1.165) is 6.42 Å². The summed E-state index contributed by atoms with van der Waals surface area (Å²) >= 11 is 11.6. The highest BCUT2D eigenvalue weighted by Crippen LogP contribution is 2.67. The maximum absolute atomic E-state index is 12.1. The lowest BCUT2D eigenvalue weighted by molar-refractivity contribution is 0.0861. The summed E-state index contributed by atoms with van der Waals surface area (Å²) in [6.45, 7) is 2.30. The van der Waals surface area contributed by atoms with Crippen LogP contribution in [0.15, 0.2) is 12.1 Å². The molecule has 2 aliphatic heterocycles. The van der Waals surface area contributed by atoms with Crippen molar-refractivity contribution < 1.29 is 19.0 Å². The van der Waals surface area contributed by atoms with E-state index in [2.05, 4.69) is 10.2 Å². The second-order valence-corrected chi connectivity index (χ2v) is 9.51. The number of benzene rings is 1. The number of halogens is 2. The van der Waals surface area contributed by atoms with Crippen LogP contribution in [-0.2, 0) is 0 Å². The van der Waals surface area contributed by atoms with Gasteiger partial charge in [-0.1, -0.05) is 23.2 Å². The fraction of sp³-hybridized carbons (Fsp3) is 0.500. The molecule has 0 atom stereocenters. The first-order valence-electron chi connectivity index (χ1n) is 7.18. The van der Waals surface area contributed by atoms with E-state index in [1.165, 1.54) is 12.1 Å². The van der Waals surface area contributed by atoms with Gasteiger partial charge in [0, 0.05) is 37.0 Å². The number of aromatic hydroxyl groups is 1. The highest BCUT2D eigenvalue weighted by Gasteiger charge is 2.58. The molecule has 6 nitrogen and oxygen atoms in total. The molecular weight excluding hydrogens is 363 g/mol. The van der Waals surface area contributed by atoms with Gasteiger partial charge in [0.15, 0.2) is 0 Å². The minimum atomic E-state index is -2.41. The lowest BCUT2D eigenvalue weighted by atomic mass is 9.95. The van der Waals surface area contributed by atoms with Crippen LogP contribution < -0.4 is 5.32 Å². The largest absolute Gasteiger partial charge is 0.506 e. The minimum Gasteiger partial charge on any atom is -0.506 e. The van der Waals surface area contributed by atoms with Crippen LogP contribution >= 0.6 is 33.8 Å². The Balaban J connectivity index is 1.48. The number of phenols is 1. The van der Waals surface area contributed by atoms with Crippen molar-refractivity contribution in [1.82, 2.24) is 10.2 Å². The topological polar surface area (TPSA) is 93.0 Å². The molecule has 0 saturated carbocycles. The summed E-state index contributed by atoms with van der Waals surface area (Å²) in [6.07, 6.45) is 0.854. The predicted octanol–water partition coefficient (Wildman–Crippen LogP) is 2.64. The Labute approximate surface area is 145 Å². The summed E-state index contributed by atoms with van der Waals surface area (Å²) in [5, 5.41) is 12.8. The van der Waals surface area contributed by atoms with Gasteiger partial charge in [-0.05, 0) is 18.6 Å². The second kappa shape index (κ2) is 5.98. The summed E-state index contributed by atoms with van der Waals surface area (Å²) in [6, 6.07) is 2.73. The van der Waals surface area contributed by atoms with E-state index in [-0.39, 0.29) is 26.1 Å². The van der Waals surface area contributed by atoms with E-state index in [1.54, 1.807) is 0 Å². The third kappa shape index (κ3) is 3.01. The van der Waals surface area contributed by atoms with Crippen LogP contribution in [0.5, 0.6) is 5.75 Å². The third-order valence-corrected chi connectivity index (χ3v) is 7.67. The van der Waals surface area contributed by atoms with Crippen LogP contribution in [-0.4, -0.2) is 61.7 Å². The van der Waals surface area contributed by atoms with Gasteiger partial charge in [-0.25, -0.2) is 0 Å². The van der Waals surface area contributed by atoms with Crippen molar-refractivity contribution in [3.05, 3.63) is 27.7 Å². The fourth-order valence-electron chi connectivity index (χ4n) is 3.03. The van der Waals surface area contributed by atoms with Gasteiger partial charge in [-0.3, -0.25) is 18.8 Å². The molecule has 3 rings (SSSR count). The van der Waals surface area contributed by atoms with Crippen molar-refractivity contribution >= 4 is 39.7 Å². The maximum atomic E-state index is 12.1.